The second kappa shape index (κ2) is 8.14. The van der Waals surface area contributed by atoms with Gasteiger partial charge < -0.3 is 15.0 Å². The van der Waals surface area contributed by atoms with Gasteiger partial charge in [0.2, 0.25) is 0 Å². The molecule has 124 valence electrons. The van der Waals surface area contributed by atoms with E-state index in [0.717, 1.165) is 51.9 Å². The Hall–Kier alpha value is -0.610. The molecule has 0 atom stereocenters. The number of rotatable bonds is 8. The first kappa shape index (κ1) is 18.4. The molecule has 0 heterocycles. The third kappa shape index (κ3) is 5.26. The van der Waals surface area contributed by atoms with Crippen molar-refractivity contribution in [3.63, 3.8) is 0 Å². The van der Waals surface area contributed by atoms with E-state index >= 15 is 0 Å². The number of hydrogen-bond acceptors (Lipinski definition) is 4. The molecule has 4 heteroatoms. The number of esters is 1. The van der Waals surface area contributed by atoms with Gasteiger partial charge in [-0.3, -0.25) is 4.79 Å². The SMILES string of the molecule is CCOC(=O)C1(NCCN(CC)CC)CCC(C)(C)CC1. The Morgan fingerprint density at radius 3 is 2.14 bits per heavy atom. The predicted octanol–water partition coefficient (Wildman–Crippen LogP) is 2.82. The van der Waals surface area contributed by atoms with Crippen LogP contribution in [0.1, 0.15) is 60.3 Å². The highest BCUT2D eigenvalue weighted by Crippen LogP contribution is 2.40. The summed E-state index contributed by atoms with van der Waals surface area (Å²) >= 11 is 0. The fourth-order valence-corrected chi connectivity index (χ4v) is 3.07. The molecular formula is C17H34N2O2. The van der Waals surface area contributed by atoms with Crippen LogP contribution in [-0.4, -0.2) is 49.2 Å². The smallest absolute Gasteiger partial charge is 0.326 e. The van der Waals surface area contributed by atoms with Crippen molar-refractivity contribution in [1.82, 2.24) is 10.2 Å². The van der Waals surface area contributed by atoms with Gasteiger partial charge >= 0.3 is 5.97 Å². The van der Waals surface area contributed by atoms with E-state index in [2.05, 4.69) is 37.9 Å². The number of ether oxygens (including phenoxy) is 1. The van der Waals surface area contributed by atoms with E-state index in [-0.39, 0.29) is 5.97 Å². The van der Waals surface area contributed by atoms with Crippen LogP contribution in [0.5, 0.6) is 0 Å². The number of nitrogens with zero attached hydrogens (tertiary/aromatic N) is 1. The largest absolute Gasteiger partial charge is 0.465 e. The van der Waals surface area contributed by atoms with Crippen LogP contribution in [0.2, 0.25) is 0 Å². The van der Waals surface area contributed by atoms with Crippen LogP contribution in [0.25, 0.3) is 0 Å². The second-order valence-electron chi connectivity index (χ2n) is 6.92. The first-order chi connectivity index (χ1) is 9.89. The molecule has 0 spiro atoms. The molecule has 1 aliphatic rings. The highest BCUT2D eigenvalue weighted by atomic mass is 16.5. The zero-order chi connectivity index (χ0) is 15.9. The van der Waals surface area contributed by atoms with Gasteiger partial charge in [-0.1, -0.05) is 27.7 Å². The van der Waals surface area contributed by atoms with Gasteiger partial charge in [-0.15, -0.1) is 0 Å². The summed E-state index contributed by atoms with van der Waals surface area (Å²) in [7, 11) is 0. The van der Waals surface area contributed by atoms with Crippen molar-refractivity contribution in [2.45, 2.75) is 65.8 Å². The first-order valence-corrected chi connectivity index (χ1v) is 8.53. The van der Waals surface area contributed by atoms with Gasteiger partial charge in [0.05, 0.1) is 6.61 Å². The quantitative estimate of drug-likeness (QED) is 0.700. The van der Waals surface area contributed by atoms with Gasteiger partial charge in [-0.2, -0.15) is 0 Å². The van der Waals surface area contributed by atoms with Crippen molar-refractivity contribution in [3.8, 4) is 0 Å². The molecule has 0 aromatic rings. The lowest BCUT2D eigenvalue weighted by atomic mass is 9.69. The summed E-state index contributed by atoms with van der Waals surface area (Å²) < 4.78 is 5.35. The summed E-state index contributed by atoms with van der Waals surface area (Å²) in [5.74, 6) is -0.0555. The van der Waals surface area contributed by atoms with Gasteiger partial charge in [-0.05, 0) is 51.1 Å². The van der Waals surface area contributed by atoms with Crippen molar-refractivity contribution >= 4 is 5.97 Å². The van der Waals surface area contributed by atoms with Crippen LogP contribution < -0.4 is 5.32 Å². The minimum atomic E-state index is -0.460. The van der Waals surface area contributed by atoms with E-state index in [0.29, 0.717) is 12.0 Å². The average Bonchev–Trinajstić information content (AvgIpc) is 2.46. The molecule has 0 saturated heterocycles. The molecule has 1 N–H and O–H groups in total. The molecule has 0 aliphatic heterocycles. The molecule has 1 aliphatic carbocycles. The van der Waals surface area contributed by atoms with Crippen LogP contribution in [0.4, 0.5) is 0 Å². The third-order valence-electron chi connectivity index (χ3n) is 4.91. The summed E-state index contributed by atoms with van der Waals surface area (Å²) in [6.45, 7) is 15.2. The molecule has 21 heavy (non-hydrogen) atoms. The maximum Gasteiger partial charge on any atom is 0.326 e. The minimum Gasteiger partial charge on any atom is -0.465 e. The molecule has 1 saturated carbocycles. The van der Waals surface area contributed by atoms with Crippen LogP contribution in [-0.2, 0) is 9.53 Å². The van der Waals surface area contributed by atoms with Crippen molar-refractivity contribution in [2.24, 2.45) is 5.41 Å². The Kier molecular flexibility index (Phi) is 7.14. The maximum absolute atomic E-state index is 12.4. The molecule has 0 bridgehead atoms. The molecular weight excluding hydrogens is 264 g/mol. The lowest BCUT2D eigenvalue weighted by Crippen LogP contribution is -2.57. The Morgan fingerprint density at radius 2 is 1.67 bits per heavy atom. The van der Waals surface area contributed by atoms with E-state index in [1.807, 2.05) is 6.92 Å². The Morgan fingerprint density at radius 1 is 1.10 bits per heavy atom. The highest BCUT2D eigenvalue weighted by Gasteiger charge is 2.44. The van der Waals surface area contributed by atoms with Gasteiger partial charge in [0, 0.05) is 13.1 Å². The second-order valence-corrected chi connectivity index (χ2v) is 6.92. The zero-order valence-corrected chi connectivity index (χ0v) is 14.6. The van der Waals surface area contributed by atoms with Crippen molar-refractivity contribution in [1.29, 1.82) is 0 Å². The van der Waals surface area contributed by atoms with E-state index in [1.165, 1.54) is 0 Å². The topological polar surface area (TPSA) is 41.6 Å². The van der Waals surface area contributed by atoms with Crippen molar-refractivity contribution in [3.05, 3.63) is 0 Å². The maximum atomic E-state index is 12.4. The number of nitrogens with one attached hydrogen (secondary N) is 1. The Labute approximate surface area is 130 Å². The minimum absolute atomic E-state index is 0.0555. The van der Waals surface area contributed by atoms with Crippen LogP contribution >= 0.6 is 0 Å². The molecule has 0 aromatic carbocycles. The van der Waals surface area contributed by atoms with Crippen LogP contribution in [0, 0.1) is 5.41 Å². The van der Waals surface area contributed by atoms with E-state index < -0.39 is 5.54 Å². The van der Waals surface area contributed by atoms with Gasteiger partial charge in [0.25, 0.3) is 0 Å². The summed E-state index contributed by atoms with van der Waals surface area (Å²) in [4.78, 5) is 14.8. The average molecular weight is 298 g/mol. The van der Waals surface area contributed by atoms with Crippen LogP contribution in [0.3, 0.4) is 0 Å². The van der Waals surface area contributed by atoms with Crippen LogP contribution in [0.15, 0.2) is 0 Å². The predicted molar refractivity (Wildman–Crippen MR) is 87.4 cm³/mol. The Bertz CT molecular complexity index is 315. The normalized spacial score (nSPS) is 20.5. The van der Waals surface area contributed by atoms with E-state index in [9.17, 15) is 4.79 Å². The van der Waals surface area contributed by atoms with Gasteiger partial charge in [-0.25, -0.2) is 0 Å². The third-order valence-corrected chi connectivity index (χ3v) is 4.91. The van der Waals surface area contributed by atoms with Gasteiger partial charge in [0.1, 0.15) is 5.54 Å². The fourth-order valence-electron chi connectivity index (χ4n) is 3.07. The van der Waals surface area contributed by atoms with Crippen molar-refractivity contribution < 1.29 is 9.53 Å². The fraction of sp³-hybridized carbons (Fsp3) is 0.941. The number of carbonyl (C=O) groups is 1. The number of carbonyl (C=O) groups excluding carboxylic acids is 1. The number of hydrogen-bond donors (Lipinski definition) is 1. The van der Waals surface area contributed by atoms with E-state index in [1.54, 1.807) is 0 Å². The zero-order valence-electron chi connectivity index (χ0n) is 14.6. The Balaban J connectivity index is 2.63. The van der Waals surface area contributed by atoms with Crippen molar-refractivity contribution in [2.75, 3.05) is 32.8 Å². The first-order valence-electron chi connectivity index (χ1n) is 8.53. The molecule has 0 unspecified atom stereocenters. The summed E-state index contributed by atoms with van der Waals surface area (Å²) in [6.07, 6.45) is 3.92. The molecule has 4 nitrogen and oxygen atoms in total. The molecule has 0 radical (unpaired) electrons. The molecule has 1 fully saturated rings. The van der Waals surface area contributed by atoms with Gasteiger partial charge in [0.15, 0.2) is 0 Å². The highest BCUT2D eigenvalue weighted by molar-refractivity contribution is 5.81. The monoisotopic (exact) mass is 298 g/mol. The standard InChI is InChI=1S/C17H34N2O2/c1-6-19(7-2)14-13-18-17(15(20)21-8-3)11-9-16(4,5)10-12-17/h18H,6-14H2,1-5H3. The summed E-state index contributed by atoms with van der Waals surface area (Å²) in [5.41, 5.74) is -0.116. The summed E-state index contributed by atoms with van der Waals surface area (Å²) in [6, 6.07) is 0. The molecule has 0 amide bonds. The molecule has 1 rings (SSSR count). The number of likely N-dealkylation sites (N-methyl/N-ethyl adjacent to an activating group) is 1. The lowest BCUT2D eigenvalue weighted by Gasteiger charge is -2.42. The lowest BCUT2D eigenvalue weighted by molar-refractivity contribution is -0.153. The van der Waals surface area contributed by atoms with E-state index in [4.69, 9.17) is 4.74 Å². The summed E-state index contributed by atoms with van der Waals surface area (Å²) in [5, 5.41) is 3.54. The molecule has 0 aromatic heterocycles.